The lowest BCUT2D eigenvalue weighted by atomic mass is 10.3. The van der Waals surface area contributed by atoms with Crippen molar-refractivity contribution in [3.05, 3.63) is 41.2 Å². The van der Waals surface area contributed by atoms with Crippen molar-refractivity contribution in [1.29, 1.82) is 0 Å². The lowest BCUT2D eigenvalue weighted by molar-refractivity contribution is 0.318. The van der Waals surface area contributed by atoms with E-state index in [0.717, 1.165) is 5.69 Å². The van der Waals surface area contributed by atoms with Gasteiger partial charge in [0.05, 0.1) is 16.5 Å². The van der Waals surface area contributed by atoms with Crippen LogP contribution in [0.2, 0.25) is 5.02 Å². The average molecular weight is 335 g/mol. The van der Waals surface area contributed by atoms with E-state index in [1.807, 2.05) is 13.1 Å². The van der Waals surface area contributed by atoms with E-state index in [0.29, 0.717) is 18.8 Å². The third kappa shape index (κ3) is 3.65. The molecule has 20 heavy (non-hydrogen) atoms. The Morgan fingerprint density at radius 2 is 2.10 bits per heavy atom. The van der Waals surface area contributed by atoms with Crippen LogP contribution in [0.3, 0.4) is 0 Å². The molecule has 1 heterocycles. The van der Waals surface area contributed by atoms with Gasteiger partial charge in [0.15, 0.2) is 0 Å². The van der Waals surface area contributed by atoms with Crippen molar-refractivity contribution in [1.82, 2.24) is 9.78 Å². The van der Waals surface area contributed by atoms with Crippen LogP contribution in [0.25, 0.3) is 0 Å². The average Bonchev–Trinajstić information content (AvgIpc) is 2.76. The number of ether oxygens (including phenoxy) is 1. The number of nitrogens with zero attached hydrogens (tertiary/aromatic N) is 2. The molecule has 0 spiro atoms. The predicted molar refractivity (Wildman–Crippen MR) is 76.9 cm³/mol. The molecule has 0 atom stereocenters. The van der Waals surface area contributed by atoms with Gasteiger partial charge < -0.3 is 4.74 Å². The van der Waals surface area contributed by atoms with Crippen molar-refractivity contribution in [2.75, 3.05) is 6.61 Å². The van der Waals surface area contributed by atoms with E-state index in [1.54, 1.807) is 10.9 Å². The van der Waals surface area contributed by atoms with E-state index < -0.39 is 9.05 Å². The molecule has 0 amide bonds. The molecule has 1 aromatic heterocycles. The maximum absolute atomic E-state index is 11.2. The van der Waals surface area contributed by atoms with Crippen LogP contribution in [0.5, 0.6) is 5.75 Å². The highest BCUT2D eigenvalue weighted by Gasteiger charge is 2.13. The highest BCUT2D eigenvalue weighted by atomic mass is 35.7. The summed E-state index contributed by atoms with van der Waals surface area (Å²) in [6.45, 7) is 0.409. The Morgan fingerprint density at radius 3 is 2.65 bits per heavy atom. The Hall–Kier alpha value is -1.24. The summed E-state index contributed by atoms with van der Waals surface area (Å²) in [5.74, 6) is 0.415. The van der Waals surface area contributed by atoms with Crippen LogP contribution in [0.4, 0.5) is 0 Å². The Labute approximate surface area is 126 Å². The highest BCUT2D eigenvalue weighted by molar-refractivity contribution is 8.13. The van der Waals surface area contributed by atoms with Gasteiger partial charge in [0.2, 0.25) is 0 Å². The molecule has 0 bridgehead atoms. The lowest BCUT2D eigenvalue weighted by Gasteiger charge is -2.09. The molecular formula is C12H12Cl2N2O3S. The van der Waals surface area contributed by atoms with Gasteiger partial charge in [-0.1, -0.05) is 11.6 Å². The molecule has 8 heteroatoms. The number of halogens is 2. The fraction of sp³-hybridized carbons (Fsp3) is 0.250. The largest absolute Gasteiger partial charge is 0.492 e. The van der Waals surface area contributed by atoms with Gasteiger partial charge in [-0.2, -0.15) is 5.10 Å². The molecule has 2 rings (SSSR count). The molecule has 5 nitrogen and oxygen atoms in total. The summed E-state index contributed by atoms with van der Waals surface area (Å²) < 4.78 is 29.6. The maximum Gasteiger partial charge on any atom is 0.261 e. The molecule has 108 valence electrons. The molecular weight excluding hydrogens is 323 g/mol. The van der Waals surface area contributed by atoms with Gasteiger partial charge >= 0.3 is 0 Å². The molecule has 0 aliphatic heterocycles. The fourth-order valence-electron chi connectivity index (χ4n) is 1.66. The third-order valence-electron chi connectivity index (χ3n) is 2.72. The molecule has 1 aromatic carbocycles. The normalized spacial score (nSPS) is 11.6. The number of aromatic nitrogens is 2. The SMILES string of the molecule is Cn1nccc1CCOc1ccc(S(=O)(=O)Cl)cc1Cl. The number of rotatable bonds is 5. The van der Waals surface area contributed by atoms with Crippen LogP contribution >= 0.6 is 22.3 Å². The number of aryl methyl sites for hydroxylation is 1. The van der Waals surface area contributed by atoms with Crippen molar-refractivity contribution in [3.63, 3.8) is 0 Å². The van der Waals surface area contributed by atoms with Gasteiger partial charge in [0, 0.05) is 36.0 Å². The summed E-state index contributed by atoms with van der Waals surface area (Å²) in [4.78, 5) is -0.0526. The number of benzene rings is 1. The van der Waals surface area contributed by atoms with Crippen molar-refractivity contribution in [3.8, 4) is 5.75 Å². The fourth-order valence-corrected chi connectivity index (χ4v) is 2.74. The van der Waals surface area contributed by atoms with E-state index in [4.69, 9.17) is 27.0 Å². The monoisotopic (exact) mass is 334 g/mol. The van der Waals surface area contributed by atoms with Gasteiger partial charge in [-0.15, -0.1) is 0 Å². The molecule has 0 radical (unpaired) electrons. The van der Waals surface area contributed by atoms with Crippen LogP contribution in [-0.4, -0.2) is 24.8 Å². The summed E-state index contributed by atoms with van der Waals surface area (Å²) in [6, 6.07) is 6.01. The van der Waals surface area contributed by atoms with Crippen LogP contribution < -0.4 is 4.74 Å². The van der Waals surface area contributed by atoms with E-state index in [9.17, 15) is 8.42 Å². The molecule has 0 fully saturated rings. The molecule has 0 saturated carbocycles. The van der Waals surface area contributed by atoms with Crippen molar-refractivity contribution >= 4 is 31.3 Å². The zero-order chi connectivity index (χ0) is 14.8. The zero-order valence-corrected chi connectivity index (χ0v) is 12.9. The first kappa shape index (κ1) is 15.2. The second kappa shape index (κ2) is 6.03. The summed E-state index contributed by atoms with van der Waals surface area (Å²) in [5.41, 5.74) is 1.03. The van der Waals surface area contributed by atoms with Gasteiger partial charge in [-0.3, -0.25) is 4.68 Å². The van der Waals surface area contributed by atoms with Crippen LogP contribution in [0.1, 0.15) is 5.69 Å². The molecule has 0 saturated heterocycles. The maximum atomic E-state index is 11.2. The lowest BCUT2D eigenvalue weighted by Crippen LogP contribution is -2.06. The van der Waals surface area contributed by atoms with E-state index in [-0.39, 0.29) is 9.92 Å². The minimum Gasteiger partial charge on any atom is -0.492 e. The van der Waals surface area contributed by atoms with Gasteiger partial charge in [-0.25, -0.2) is 8.42 Å². The van der Waals surface area contributed by atoms with Crippen molar-refractivity contribution in [2.45, 2.75) is 11.3 Å². The standard InChI is InChI=1S/C12H12Cl2N2O3S/c1-16-9(4-6-15-16)5-7-19-12-3-2-10(8-11(12)13)20(14,17)18/h2-4,6,8H,5,7H2,1H3. The number of hydrogen-bond acceptors (Lipinski definition) is 4. The number of hydrogen-bond donors (Lipinski definition) is 0. The highest BCUT2D eigenvalue weighted by Crippen LogP contribution is 2.28. The molecule has 0 unspecified atom stereocenters. The minimum atomic E-state index is -3.78. The topological polar surface area (TPSA) is 61.2 Å². The molecule has 0 aliphatic carbocycles. The van der Waals surface area contributed by atoms with Crippen LogP contribution in [0, 0.1) is 0 Å². The van der Waals surface area contributed by atoms with Gasteiger partial charge in [0.25, 0.3) is 9.05 Å². The van der Waals surface area contributed by atoms with Crippen LogP contribution in [0.15, 0.2) is 35.4 Å². The quantitative estimate of drug-likeness (QED) is 0.788. The van der Waals surface area contributed by atoms with E-state index in [1.165, 1.54) is 18.2 Å². The van der Waals surface area contributed by atoms with E-state index >= 15 is 0 Å². The zero-order valence-electron chi connectivity index (χ0n) is 10.6. The predicted octanol–water partition coefficient (Wildman–Crippen LogP) is 2.62. The van der Waals surface area contributed by atoms with Gasteiger partial charge in [-0.05, 0) is 24.3 Å². The van der Waals surface area contributed by atoms with Crippen LogP contribution in [-0.2, 0) is 22.5 Å². The van der Waals surface area contributed by atoms with Gasteiger partial charge in [0.1, 0.15) is 5.75 Å². The van der Waals surface area contributed by atoms with Crippen molar-refractivity contribution < 1.29 is 13.2 Å². The second-order valence-corrected chi connectivity index (χ2v) is 7.05. The van der Waals surface area contributed by atoms with Crippen molar-refractivity contribution in [2.24, 2.45) is 7.05 Å². The molecule has 2 aromatic rings. The Balaban J connectivity index is 2.02. The first-order chi connectivity index (χ1) is 9.38. The first-order valence-electron chi connectivity index (χ1n) is 5.72. The van der Waals surface area contributed by atoms with E-state index in [2.05, 4.69) is 5.10 Å². The summed E-state index contributed by atoms with van der Waals surface area (Å²) in [7, 11) is 3.30. The summed E-state index contributed by atoms with van der Waals surface area (Å²) >= 11 is 5.96. The third-order valence-corrected chi connectivity index (χ3v) is 4.37. The minimum absolute atomic E-state index is 0.0526. The summed E-state index contributed by atoms with van der Waals surface area (Å²) in [6.07, 6.45) is 2.38. The molecule has 0 aliphatic rings. The molecule has 0 N–H and O–H groups in total. The first-order valence-corrected chi connectivity index (χ1v) is 8.40. The smallest absolute Gasteiger partial charge is 0.261 e. The Kier molecular flexibility index (Phi) is 4.57. The Bertz CT molecular complexity index is 713. The summed E-state index contributed by atoms with van der Waals surface area (Å²) in [5, 5.41) is 4.26. The Morgan fingerprint density at radius 1 is 1.35 bits per heavy atom. The second-order valence-electron chi connectivity index (χ2n) is 4.07.